The lowest BCUT2D eigenvalue weighted by Crippen LogP contribution is -2.36. The number of ether oxygens (including phenoxy) is 1. The Morgan fingerprint density at radius 1 is 1.03 bits per heavy atom. The fourth-order valence-corrected chi connectivity index (χ4v) is 5.87. The van der Waals surface area contributed by atoms with E-state index in [-0.39, 0.29) is 16.9 Å². The number of carbonyl (C=O) groups excluding carboxylic acids is 1. The number of nitrogens with zero attached hydrogens (tertiary/aromatic N) is 6. The van der Waals surface area contributed by atoms with E-state index >= 15 is 0 Å². The minimum absolute atomic E-state index is 0.0375. The smallest absolute Gasteiger partial charge is 0.254 e. The summed E-state index contributed by atoms with van der Waals surface area (Å²) in [6.45, 7) is 6.08. The molecule has 1 saturated heterocycles. The zero-order chi connectivity index (χ0) is 24.9. The minimum atomic E-state index is -0.0380. The van der Waals surface area contributed by atoms with Crippen molar-refractivity contribution in [2.75, 3.05) is 10.2 Å². The van der Waals surface area contributed by atoms with Crippen molar-refractivity contribution in [3.05, 3.63) is 85.1 Å². The van der Waals surface area contributed by atoms with Gasteiger partial charge in [-0.3, -0.25) is 4.79 Å². The molecule has 3 aromatic heterocycles. The average Bonchev–Trinajstić information content (AvgIpc) is 3.60. The molecule has 3 aliphatic rings. The molecule has 8 rings (SSSR count). The quantitative estimate of drug-likeness (QED) is 0.350. The van der Waals surface area contributed by atoms with E-state index in [1.54, 1.807) is 10.8 Å². The van der Waals surface area contributed by atoms with Gasteiger partial charge in [-0.1, -0.05) is 6.58 Å². The second-order valence-electron chi connectivity index (χ2n) is 10.1. The summed E-state index contributed by atoms with van der Waals surface area (Å²) in [7, 11) is 0. The lowest BCUT2D eigenvalue weighted by molar-refractivity contribution is -0.115. The van der Waals surface area contributed by atoms with Crippen molar-refractivity contribution < 1.29 is 9.53 Å². The van der Waals surface area contributed by atoms with E-state index in [0.29, 0.717) is 11.6 Å². The fraction of sp³-hybridized carbons (Fsp3) is 0.179. The molecule has 1 N–H and O–H groups in total. The first-order chi connectivity index (χ1) is 18.0. The van der Waals surface area contributed by atoms with Gasteiger partial charge >= 0.3 is 0 Å². The van der Waals surface area contributed by atoms with Gasteiger partial charge < -0.3 is 15.0 Å². The molecule has 2 aromatic carbocycles. The fourth-order valence-electron chi connectivity index (χ4n) is 5.87. The molecular weight excluding hydrogens is 466 g/mol. The highest BCUT2D eigenvalue weighted by atomic mass is 16.5. The number of benzene rings is 2. The molecule has 3 fully saturated rings. The number of nitrogens with one attached hydrogen (secondary N) is 1. The molecule has 2 saturated carbocycles. The molecule has 1 aliphatic heterocycles. The molecule has 0 spiro atoms. The van der Waals surface area contributed by atoms with Gasteiger partial charge in [-0.15, -0.1) is 0 Å². The molecule has 37 heavy (non-hydrogen) atoms. The van der Waals surface area contributed by atoms with Crippen molar-refractivity contribution in [1.29, 1.82) is 0 Å². The lowest BCUT2D eigenvalue weighted by Gasteiger charge is -2.26. The van der Waals surface area contributed by atoms with E-state index in [4.69, 9.17) is 4.74 Å². The first-order valence-corrected chi connectivity index (χ1v) is 12.1. The Hall–Kier alpha value is -4.79. The molecule has 180 valence electrons. The highest BCUT2D eigenvalue weighted by Crippen LogP contribution is 2.88. The van der Waals surface area contributed by atoms with Gasteiger partial charge in [-0.2, -0.15) is 5.10 Å². The summed E-state index contributed by atoms with van der Waals surface area (Å²) in [6.07, 6.45) is 6.92. The normalized spacial score (nSPS) is 23.3. The predicted octanol–water partition coefficient (Wildman–Crippen LogP) is 4.95. The maximum Gasteiger partial charge on any atom is 0.254 e. The van der Waals surface area contributed by atoms with Gasteiger partial charge in [0.25, 0.3) is 5.91 Å². The molecule has 0 unspecified atom stereocenters. The zero-order valence-electron chi connectivity index (χ0n) is 20.0. The predicted molar refractivity (Wildman–Crippen MR) is 138 cm³/mol. The van der Waals surface area contributed by atoms with E-state index in [1.165, 1.54) is 6.33 Å². The Morgan fingerprint density at radius 2 is 1.92 bits per heavy atom. The van der Waals surface area contributed by atoms with Crippen LogP contribution in [0.15, 0.2) is 79.5 Å². The van der Waals surface area contributed by atoms with Crippen LogP contribution in [0.1, 0.15) is 18.4 Å². The zero-order valence-corrected chi connectivity index (χ0v) is 20.0. The minimum Gasteiger partial charge on any atom is -0.457 e. The first-order valence-electron chi connectivity index (χ1n) is 12.1. The van der Waals surface area contributed by atoms with Gasteiger partial charge in [0.05, 0.1) is 11.1 Å². The largest absolute Gasteiger partial charge is 0.457 e. The molecule has 9 heteroatoms. The Kier molecular flexibility index (Phi) is 3.69. The molecule has 9 nitrogen and oxygen atoms in total. The topological polar surface area (TPSA) is 97.5 Å². The number of pyridine rings is 1. The van der Waals surface area contributed by atoms with Crippen LogP contribution in [-0.4, -0.2) is 36.0 Å². The number of anilines is 3. The Bertz CT molecular complexity index is 1820. The summed E-state index contributed by atoms with van der Waals surface area (Å²) in [4.78, 5) is 28.0. The summed E-state index contributed by atoms with van der Waals surface area (Å²) < 4.78 is 7.79. The van der Waals surface area contributed by atoms with E-state index in [2.05, 4.69) is 31.9 Å². The molecule has 1 amide bonds. The number of amides is 1. The van der Waals surface area contributed by atoms with Crippen LogP contribution in [-0.2, 0) is 4.79 Å². The lowest BCUT2D eigenvalue weighted by atomic mass is 10.0. The van der Waals surface area contributed by atoms with E-state index in [9.17, 15) is 4.79 Å². The van der Waals surface area contributed by atoms with Gasteiger partial charge in [-0.05, 0) is 67.8 Å². The number of aromatic nitrogens is 5. The van der Waals surface area contributed by atoms with Crippen molar-refractivity contribution in [3.63, 3.8) is 0 Å². The van der Waals surface area contributed by atoms with Gasteiger partial charge in [-0.25, -0.2) is 19.5 Å². The van der Waals surface area contributed by atoms with Gasteiger partial charge in [0.1, 0.15) is 30.0 Å². The van der Waals surface area contributed by atoms with Crippen molar-refractivity contribution >= 4 is 39.6 Å². The molecule has 0 bridgehead atoms. The van der Waals surface area contributed by atoms with Crippen molar-refractivity contribution in [2.24, 2.45) is 5.41 Å². The van der Waals surface area contributed by atoms with Crippen molar-refractivity contribution in [3.8, 4) is 11.5 Å². The molecule has 0 radical (unpaired) electrons. The Labute approximate surface area is 211 Å². The highest BCUT2D eigenvalue weighted by Gasteiger charge is 2.92. The van der Waals surface area contributed by atoms with E-state index < -0.39 is 0 Å². The Morgan fingerprint density at radius 3 is 2.73 bits per heavy atom. The molecule has 2 aliphatic carbocycles. The van der Waals surface area contributed by atoms with Gasteiger partial charge in [0.2, 0.25) is 0 Å². The summed E-state index contributed by atoms with van der Waals surface area (Å²) in [5, 5.41) is 8.39. The maximum atomic E-state index is 12.9. The monoisotopic (exact) mass is 487 g/mol. The number of hydrogen-bond acceptors (Lipinski definition) is 7. The summed E-state index contributed by atoms with van der Waals surface area (Å²) in [6, 6.07) is 15.5. The number of fused-ring (bicyclic) bond motifs is 2. The van der Waals surface area contributed by atoms with Gasteiger partial charge in [0.15, 0.2) is 5.65 Å². The number of carbonyl (C=O) groups is 1. The number of piperidine rings is 2. The van der Waals surface area contributed by atoms with Gasteiger partial charge in [0, 0.05) is 40.0 Å². The van der Waals surface area contributed by atoms with Crippen molar-refractivity contribution in [2.45, 2.75) is 25.3 Å². The van der Waals surface area contributed by atoms with Crippen LogP contribution in [0.25, 0.3) is 16.6 Å². The SMILES string of the molecule is C=C1C(=O)N(c2ccc3ncnc(Nc4ccc(Oc5ccn6ncnc6c5)c(C)c4)c3c2)C23CC12C3. The summed E-state index contributed by atoms with van der Waals surface area (Å²) in [5.41, 5.74) is 4.99. The third-order valence-electron chi connectivity index (χ3n) is 8.09. The second kappa shape index (κ2) is 6.70. The van der Waals surface area contributed by atoms with Crippen LogP contribution < -0.4 is 15.0 Å². The van der Waals surface area contributed by atoms with Crippen LogP contribution in [0.3, 0.4) is 0 Å². The highest BCUT2D eigenvalue weighted by molar-refractivity contribution is 6.16. The van der Waals surface area contributed by atoms with Crippen LogP contribution in [0.5, 0.6) is 11.5 Å². The molecular formula is C28H21N7O2. The Balaban J connectivity index is 1.09. The summed E-state index contributed by atoms with van der Waals surface area (Å²) in [5.74, 6) is 2.15. The molecule has 4 heterocycles. The van der Waals surface area contributed by atoms with Crippen LogP contribution in [0.2, 0.25) is 0 Å². The van der Waals surface area contributed by atoms with Crippen LogP contribution in [0.4, 0.5) is 17.2 Å². The number of aryl methyl sites for hydroxylation is 1. The number of rotatable bonds is 5. The maximum absolute atomic E-state index is 12.9. The number of hydrogen-bond donors (Lipinski definition) is 1. The van der Waals surface area contributed by atoms with Crippen LogP contribution in [0, 0.1) is 12.3 Å². The second-order valence-corrected chi connectivity index (χ2v) is 10.1. The molecule has 0 atom stereocenters. The average molecular weight is 488 g/mol. The van der Waals surface area contributed by atoms with Crippen LogP contribution >= 0.6 is 0 Å². The van der Waals surface area contributed by atoms with E-state index in [1.807, 2.05) is 66.6 Å². The van der Waals surface area contributed by atoms with Crippen molar-refractivity contribution in [1.82, 2.24) is 24.6 Å². The third-order valence-corrected chi connectivity index (χ3v) is 8.09. The first kappa shape index (κ1) is 20.4. The standard InChI is InChI=1S/C28H21N7O2/c1-16-9-18(3-6-23(16)37-20-7-8-34-24(11-20)30-15-32-34)33-25-21-10-19(4-5-22(21)29-14-31-25)35-26(36)17(2)27-12-28(27,35)13-27/h3-11,14-15H,2,12-13H2,1H3,(H,29,31,33). The van der Waals surface area contributed by atoms with E-state index in [0.717, 1.165) is 57.7 Å². The molecule has 5 aromatic rings. The summed E-state index contributed by atoms with van der Waals surface area (Å²) >= 11 is 0. The third kappa shape index (κ3) is 2.71.